The van der Waals surface area contributed by atoms with Gasteiger partial charge in [0.25, 0.3) is 0 Å². The summed E-state index contributed by atoms with van der Waals surface area (Å²) < 4.78 is 1.66. The van der Waals surface area contributed by atoms with Crippen molar-refractivity contribution in [3.05, 3.63) is 59.8 Å². The summed E-state index contributed by atoms with van der Waals surface area (Å²) in [7, 11) is 0. The number of nitrogens with zero attached hydrogens (tertiary/aromatic N) is 6. The minimum absolute atomic E-state index is 0.0568. The molecule has 0 fully saturated rings. The molecule has 1 amide bonds. The number of hydrogen-bond acceptors (Lipinski definition) is 7. The van der Waals surface area contributed by atoms with Crippen LogP contribution in [0.5, 0.6) is 0 Å². The molecule has 0 spiro atoms. The van der Waals surface area contributed by atoms with Gasteiger partial charge in [-0.15, -0.1) is 0 Å². The van der Waals surface area contributed by atoms with Gasteiger partial charge in [-0.3, -0.25) is 19.5 Å². The lowest BCUT2D eigenvalue weighted by Crippen LogP contribution is -2.20. The van der Waals surface area contributed by atoms with Gasteiger partial charge in [0.1, 0.15) is 18.2 Å². The van der Waals surface area contributed by atoms with Crippen LogP contribution >= 0.6 is 0 Å². The van der Waals surface area contributed by atoms with Crippen LogP contribution in [0.25, 0.3) is 16.8 Å². The van der Waals surface area contributed by atoms with Crippen molar-refractivity contribution in [2.45, 2.75) is 27.3 Å². The minimum Gasteiger partial charge on any atom is -0.384 e. The van der Waals surface area contributed by atoms with Crippen molar-refractivity contribution in [2.75, 3.05) is 11.1 Å². The molecule has 0 aromatic carbocycles. The molecule has 0 bridgehead atoms. The average molecular weight is 416 g/mol. The molecule has 31 heavy (non-hydrogen) atoms. The van der Waals surface area contributed by atoms with Gasteiger partial charge in [-0.1, -0.05) is 0 Å². The molecule has 0 aliphatic rings. The number of hydrogen-bond donors (Lipinski definition) is 2. The molecule has 0 saturated carbocycles. The Hall–Kier alpha value is -4.14. The van der Waals surface area contributed by atoms with E-state index in [1.54, 1.807) is 47.7 Å². The van der Waals surface area contributed by atoms with Crippen molar-refractivity contribution in [1.29, 1.82) is 0 Å². The Balaban J connectivity index is 1.73. The maximum Gasteiger partial charge on any atom is 0.247 e. The highest BCUT2D eigenvalue weighted by Crippen LogP contribution is 2.27. The van der Waals surface area contributed by atoms with Gasteiger partial charge >= 0.3 is 0 Å². The van der Waals surface area contributed by atoms with Crippen molar-refractivity contribution < 1.29 is 4.79 Å². The summed E-state index contributed by atoms with van der Waals surface area (Å²) in [5.41, 5.74) is 10.7. The Morgan fingerprint density at radius 1 is 1.29 bits per heavy atom. The van der Waals surface area contributed by atoms with Crippen molar-refractivity contribution >= 4 is 36.2 Å². The zero-order valence-electron chi connectivity index (χ0n) is 17.7. The van der Waals surface area contributed by atoms with Crippen LogP contribution in [0, 0.1) is 13.8 Å². The van der Waals surface area contributed by atoms with E-state index in [-0.39, 0.29) is 12.5 Å². The van der Waals surface area contributed by atoms with Gasteiger partial charge in [-0.2, -0.15) is 5.10 Å². The number of anilines is 2. The van der Waals surface area contributed by atoms with E-state index >= 15 is 0 Å². The van der Waals surface area contributed by atoms with E-state index < -0.39 is 0 Å². The zero-order chi connectivity index (χ0) is 22.4. The molecule has 3 heterocycles. The van der Waals surface area contributed by atoms with E-state index in [4.69, 9.17) is 5.73 Å². The molecule has 0 aliphatic carbocycles. The fraction of sp³-hybridized carbons (Fsp3) is 0.182. The smallest absolute Gasteiger partial charge is 0.247 e. The number of aliphatic imine (C=N–C) groups is 2. The van der Waals surface area contributed by atoms with E-state index in [1.807, 2.05) is 26.8 Å². The van der Waals surface area contributed by atoms with E-state index in [0.717, 1.165) is 28.1 Å². The molecule has 9 heteroatoms. The van der Waals surface area contributed by atoms with Gasteiger partial charge in [0.15, 0.2) is 0 Å². The summed E-state index contributed by atoms with van der Waals surface area (Å²) in [6.07, 6.45) is 6.51. The van der Waals surface area contributed by atoms with Gasteiger partial charge in [0, 0.05) is 35.4 Å². The van der Waals surface area contributed by atoms with Gasteiger partial charge in [-0.05, 0) is 57.3 Å². The quantitative estimate of drug-likeness (QED) is 0.572. The van der Waals surface area contributed by atoms with Crippen LogP contribution in [0.1, 0.15) is 23.9 Å². The van der Waals surface area contributed by atoms with Crippen LogP contribution in [0.2, 0.25) is 0 Å². The molecule has 0 saturated heterocycles. The number of carbonyl (C=O) groups excluding carboxylic acids is 1. The lowest BCUT2D eigenvalue weighted by atomic mass is 10.1. The molecule has 158 valence electrons. The molecular formula is C22H24N8O. The third-order valence-corrected chi connectivity index (χ3v) is 4.59. The Morgan fingerprint density at radius 3 is 2.74 bits per heavy atom. The second-order valence-electron chi connectivity index (χ2n) is 6.73. The average Bonchev–Trinajstić information content (AvgIpc) is 3.02. The van der Waals surface area contributed by atoms with Crippen LogP contribution in [0.4, 0.5) is 11.6 Å². The highest BCUT2D eigenvalue weighted by atomic mass is 16.2. The van der Waals surface area contributed by atoms with Crippen molar-refractivity contribution in [1.82, 2.24) is 19.7 Å². The van der Waals surface area contributed by atoms with E-state index in [2.05, 4.69) is 37.1 Å². The van der Waals surface area contributed by atoms with Gasteiger partial charge in [-0.25, -0.2) is 9.97 Å². The lowest BCUT2D eigenvalue weighted by Gasteiger charge is -2.08. The maximum absolute atomic E-state index is 12.6. The Kier molecular flexibility index (Phi) is 6.66. The number of rotatable bonds is 7. The summed E-state index contributed by atoms with van der Waals surface area (Å²) >= 11 is 0. The van der Waals surface area contributed by atoms with Crippen LogP contribution < -0.4 is 11.1 Å². The summed E-state index contributed by atoms with van der Waals surface area (Å²) in [5.74, 6) is 0.627. The summed E-state index contributed by atoms with van der Waals surface area (Å²) in [6, 6.07) is 7.16. The topological polar surface area (TPSA) is 123 Å². The SMILES string of the molecule is C=N/C(=C\N=C/C)c1ccc(NC(=O)Cn2nc(C)c(-c3ccnc(N)c3)c2C)nc1. The molecule has 0 atom stereocenters. The molecule has 0 radical (unpaired) electrons. The largest absolute Gasteiger partial charge is 0.384 e. The minimum atomic E-state index is -0.236. The number of nitrogen functional groups attached to an aromatic ring is 1. The van der Waals surface area contributed by atoms with Crippen molar-refractivity contribution in [3.63, 3.8) is 0 Å². The monoisotopic (exact) mass is 416 g/mol. The molecule has 3 rings (SSSR count). The molecule has 0 aliphatic heterocycles. The molecule has 3 N–H and O–H groups in total. The van der Waals surface area contributed by atoms with Gasteiger partial charge in [0.05, 0.1) is 17.6 Å². The molecule has 3 aromatic rings. The van der Waals surface area contributed by atoms with Crippen LogP contribution in [-0.2, 0) is 11.3 Å². The Labute approximate surface area is 180 Å². The Morgan fingerprint density at radius 2 is 2.10 bits per heavy atom. The number of nitrogens with two attached hydrogens (primary N) is 1. The predicted molar refractivity (Wildman–Crippen MR) is 124 cm³/mol. The fourth-order valence-corrected chi connectivity index (χ4v) is 3.16. The summed E-state index contributed by atoms with van der Waals surface area (Å²) in [6.45, 7) is 9.23. The van der Waals surface area contributed by atoms with E-state index in [9.17, 15) is 4.79 Å². The first-order valence-corrected chi connectivity index (χ1v) is 9.59. The lowest BCUT2D eigenvalue weighted by molar-refractivity contribution is -0.117. The first kappa shape index (κ1) is 21.6. The summed E-state index contributed by atoms with van der Waals surface area (Å²) in [4.78, 5) is 28.8. The number of amides is 1. The van der Waals surface area contributed by atoms with E-state index in [1.165, 1.54) is 0 Å². The third-order valence-electron chi connectivity index (χ3n) is 4.59. The molecular weight excluding hydrogens is 392 g/mol. The highest BCUT2D eigenvalue weighted by Gasteiger charge is 2.16. The fourth-order valence-electron chi connectivity index (χ4n) is 3.16. The number of aromatic nitrogens is 4. The van der Waals surface area contributed by atoms with Crippen LogP contribution in [0.15, 0.2) is 52.8 Å². The predicted octanol–water partition coefficient (Wildman–Crippen LogP) is 3.27. The number of aryl methyl sites for hydroxylation is 1. The first-order chi connectivity index (χ1) is 14.9. The van der Waals surface area contributed by atoms with Gasteiger partial charge in [0.2, 0.25) is 5.91 Å². The summed E-state index contributed by atoms with van der Waals surface area (Å²) in [5, 5.41) is 7.30. The van der Waals surface area contributed by atoms with Gasteiger partial charge < -0.3 is 11.1 Å². The maximum atomic E-state index is 12.6. The van der Waals surface area contributed by atoms with Crippen LogP contribution in [0.3, 0.4) is 0 Å². The second kappa shape index (κ2) is 9.57. The number of pyridine rings is 2. The normalized spacial score (nSPS) is 11.6. The third kappa shape index (κ3) is 5.08. The number of carbonyl (C=O) groups is 1. The number of nitrogens with one attached hydrogen (secondary N) is 1. The molecule has 3 aromatic heterocycles. The zero-order valence-corrected chi connectivity index (χ0v) is 17.7. The van der Waals surface area contributed by atoms with Crippen molar-refractivity contribution in [3.8, 4) is 11.1 Å². The van der Waals surface area contributed by atoms with Crippen LogP contribution in [-0.4, -0.2) is 38.6 Å². The van der Waals surface area contributed by atoms with E-state index in [0.29, 0.717) is 17.3 Å². The Bertz CT molecular complexity index is 1160. The standard InChI is InChI=1S/C22H24N8O/c1-5-25-12-18(24-4)17-6-7-20(27-11-17)28-21(31)13-30-15(3)22(14(2)29-30)16-8-9-26-19(23)10-16/h5-12H,4,13H2,1-3H3,(H2,23,26)(H,27,28,31)/b18-12-,25-5-. The molecule has 9 nitrogen and oxygen atoms in total. The first-order valence-electron chi connectivity index (χ1n) is 9.59. The van der Waals surface area contributed by atoms with Crippen molar-refractivity contribution in [2.24, 2.45) is 9.98 Å². The molecule has 0 unspecified atom stereocenters. The highest BCUT2D eigenvalue weighted by molar-refractivity contribution is 5.90. The second-order valence-corrected chi connectivity index (χ2v) is 6.73.